The molecule has 0 aliphatic carbocycles. The van der Waals surface area contributed by atoms with Gasteiger partial charge in [-0.15, -0.1) is 11.6 Å². The fraction of sp³-hybridized carbons (Fsp3) is 0.286. The van der Waals surface area contributed by atoms with Crippen LogP contribution in [0.25, 0.3) is 16.6 Å². The first-order valence-corrected chi connectivity index (χ1v) is 9.41. The van der Waals surface area contributed by atoms with Gasteiger partial charge in [0.1, 0.15) is 11.7 Å². The molecule has 3 rings (SSSR count). The second-order valence-corrected chi connectivity index (χ2v) is 6.80. The molecule has 6 heteroatoms. The summed E-state index contributed by atoms with van der Waals surface area (Å²) < 4.78 is 1.61. The fourth-order valence-corrected chi connectivity index (χ4v) is 3.48. The molecule has 0 radical (unpaired) electrons. The summed E-state index contributed by atoms with van der Waals surface area (Å²) in [4.78, 5) is 31.9. The molecule has 0 fully saturated rings. The molecule has 1 heterocycles. The molecule has 1 unspecified atom stereocenters. The number of benzene rings is 2. The van der Waals surface area contributed by atoms with Crippen molar-refractivity contribution in [1.29, 1.82) is 0 Å². The zero-order valence-electron chi connectivity index (χ0n) is 15.6. The number of halogens is 1. The van der Waals surface area contributed by atoms with Crippen molar-refractivity contribution in [3.8, 4) is 5.69 Å². The second-order valence-electron chi connectivity index (χ2n) is 6.53. The number of carbonyl (C=O) groups excluding carboxylic acids is 1. The molecule has 3 aromatic rings. The number of nitrogens with zero attached hydrogens (tertiary/aromatic N) is 3. The Hall–Kier alpha value is -2.66. The van der Waals surface area contributed by atoms with Crippen molar-refractivity contribution in [3.63, 3.8) is 0 Å². The zero-order chi connectivity index (χ0) is 19.6. The normalized spacial score (nSPS) is 12.1. The molecule has 0 saturated heterocycles. The van der Waals surface area contributed by atoms with E-state index in [1.54, 1.807) is 22.6 Å². The lowest BCUT2D eigenvalue weighted by molar-refractivity contribution is -0.129. The van der Waals surface area contributed by atoms with Gasteiger partial charge in [-0.1, -0.05) is 31.2 Å². The average molecular weight is 384 g/mol. The molecule has 0 aliphatic heterocycles. The molecule has 2 aromatic carbocycles. The van der Waals surface area contributed by atoms with Crippen molar-refractivity contribution in [3.05, 3.63) is 70.3 Å². The molecule has 0 saturated carbocycles. The monoisotopic (exact) mass is 383 g/mol. The Kier molecular flexibility index (Phi) is 5.61. The van der Waals surface area contributed by atoms with Crippen molar-refractivity contribution < 1.29 is 4.79 Å². The van der Waals surface area contributed by atoms with E-state index in [1.807, 2.05) is 56.3 Å². The van der Waals surface area contributed by atoms with E-state index in [-0.39, 0.29) is 23.4 Å². The molecule has 1 atom stereocenters. The Bertz CT molecular complexity index is 1050. The number of aryl methyl sites for hydroxylation is 1. The van der Waals surface area contributed by atoms with E-state index in [9.17, 15) is 9.59 Å². The van der Waals surface area contributed by atoms with Crippen LogP contribution >= 0.6 is 11.6 Å². The standard InChI is InChI=1S/C21H22ClN3O2/c1-4-18(24(3)19(26)13-22)20-23-17-11-6-5-10-16(17)21(27)25(20)15-9-7-8-14(2)12-15/h5-12,18H,4,13H2,1-3H3. The summed E-state index contributed by atoms with van der Waals surface area (Å²) in [5.74, 6) is 0.212. The fourth-order valence-electron chi connectivity index (χ4n) is 3.29. The van der Waals surface area contributed by atoms with E-state index in [4.69, 9.17) is 16.6 Å². The maximum absolute atomic E-state index is 13.3. The molecular formula is C21H22ClN3O2. The molecule has 1 amide bonds. The number of aromatic nitrogens is 2. The third-order valence-electron chi connectivity index (χ3n) is 4.72. The summed E-state index contributed by atoms with van der Waals surface area (Å²) >= 11 is 5.76. The summed E-state index contributed by atoms with van der Waals surface area (Å²) in [5.41, 5.74) is 2.24. The summed E-state index contributed by atoms with van der Waals surface area (Å²) in [5, 5.41) is 0.545. The lowest BCUT2D eigenvalue weighted by atomic mass is 10.1. The number of amides is 1. The van der Waals surface area contributed by atoms with Crippen molar-refractivity contribution in [2.24, 2.45) is 0 Å². The van der Waals surface area contributed by atoms with Gasteiger partial charge < -0.3 is 4.90 Å². The summed E-state index contributed by atoms with van der Waals surface area (Å²) in [6.45, 7) is 3.94. The predicted molar refractivity (Wildman–Crippen MR) is 109 cm³/mol. The van der Waals surface area contributed by atoms with Crippen molar-refractivity contribution in [1.82, 2.24) is 14.5 Å². The number of carbonyl (C=O) groups is 1. The SMILES string of the molecule is CCC(c1nc2ccccc2c(=O)n1-c1cccc(C)c1)N(C)C(=O)CCl. The lowest BCUT2D eigenvalue weighted by Crippen LogP contribution is -2.36. The number of hydrogen-bond donors (Lipinski definition) is 0. The van der Waals surface area contributed by atoms with Gasteiger partial charge >= 0.3 is 0 Å². The Morgan fingerprint density at radius 3 is 2.63 bits per heavy atom. The minimum Gasteiger partial charge on any atom is -0.335 e. The Balaban J connectivity index is 2.34. The van der Waals surface area contributed by atoms with Gasteiger partial charge in [-0.25, -0.2) is 4.98 Å². The van der Waals surface area contributed by atoms with E-state index in [0.29, 0.717) is 23.1 Å². The third-order valence-corrected chi connectivity index (χ3v) is 4.95. The van der Waals surface area contributed by atoms with Crippen LogP contribution in [-0.2, 0) is 4.79 Å². The van der Waals surface area contributed by atoms with Crippen molar-refractivity contribution in [2.45, 2.75) is 26.3 Å². The summed E-state index contributed by atoms with van der Waals surface area (Å²) in [6, 6.07) is 14.6. The number of para-hydroxylation sites is 1. The van der Waals surface area contributed by atoms with Gasteiger partial charge in [0.2, 0.25) is 5.91 Å². The smallest absolute Gasteiger partial charge is 0.266 e. The average Bonchev–Trinajstić information content (AvgIpc) is 2.68. The summed E-state index contributed by atoms with van der Waals surface area (Å²) in [7, 11) is 1.70. The number of rotatable bonds is 5. The maximum atomic E-state index is 13.3. The van der Waals surface area contributed by atoms with E-state index < -0.39 is 0 Å². The van der Waals surface area contributed by atoms with Crippen LogP contribution in [-0.4, -0.2) is 33.3 Å². The molecule has 27 heavy (non-hydrogen) atoms. The van der Waals surface area contributed by atoms with Crippen molar-refractivity contribution >= 4 is 28.4 Å². The van der Waals surface area contributed by atoms with Crippen LogP contribution in [0.3, 0.4) is 0 Å². The highest BCUT2D eigenvalue weighted by Crippen LogP contribution is 2.25. The number of alkyl halides is 1. The lowest BCUT2D eigenvalue weighted by Gasteiger charge is -2.28. The Morgan fingerprint density at radius 2 is 1.96 bits per heavy atom. The minimum atomic E-state index is -0.367. The molecule has 0 aliphatic rings. The molecule has 0 spiro atoms. The predicted octanol–water partition coefficient (Wildman–Crippen LogP) is 3.84. The molecule has 5 nitrogen and oxygen atoms in total. The maximum Gasteiger partial charge on any atom is 0.266 e. The van der Waals surface area contributed by atoms with Gasteiger partial charge in [0.05, 0.1) is 22.6 Å². The quantitative estimate of drug-likeness (QED) is 0.629. The molecule has 0 bridgehead atoms. The van der Waals surface area contributed by atoms with Gasteiger partial charge in [-0.2, -0.15) is 0 Å². The van der Waals surface area contributed by atoms with Crippen LogP contribution in [0.2, 0.25) is 0 Å². The number of fused-ring (bicyclic) bond motifs is 1. The van der Waals surface area contributed by atoms with Crippen LogP contribution in [0, 0.1) is 6.92 Å². The largest absolute Gasteiger partial charge is 0.335 e. The first-order valence-electron chi connectivity index (χ1n) is 8.88. The highest BCUT2D eigenvalue weighted by atomic mass is 35.5. The van der Waals surface area contributed by atoms with E-state index in [0.717, 1.165) is 11.3 Å². The van der Waals surface area contributed by atoms with Crippen LogP contribution in [0.1, 0.15) is 30.8 Å². The third kappa shape index (κ3) is 3.60. The first kappa shape index (κ1) is 19.1. The molecular weight excluding hydrogens is 362 g/mol. The Morgan fingerprint density at radius 1 is 1.22 bits per heavy atom. The van der Waals surface area contributed by atoms with Crippen LogP contribution in [0.5, 0.6) is 0 Å². The van der Waals surface area contributed by atoms with E-state index >= 15 is 0 Å². The summed E-state index contributed by atoms with van der Waals surface area (Å²) in [6.07, 6.45) is 0.607. The first-order chi connectivity index (χ1) is 13.0. The van der Waals surface area contributed by atoms with E-state index in [1.165, 1.54) is 0 Å². The highest BCUT2D eigenvalue weighted by molar-refractivity contribution is 6.27. The van der Waals surface area contributed by atoms with Gasteiger partial charge in [0, 0.05) is 7.05 Å². The van der Waals surface area contributed by atoms with Crippen LogP contribution in [0.15, 0.2) is 53.3 Å². The minimum absolute atomic E-state index is 0.116. The number of hydrogen-bond acceptors (Lipinski definition) is 3. The van der Waals surface area contributed by atoms with Gasteiger partial charge in [0.15, 0.2) is 0 Å². The Labute approximate surface area is 163 Å². The van der Waals surface area contributed by atoms with Gasteiger partial charge in [0.25, 0.3) is 5.56 Å². The van der Waals surface area contributed by atoms with Gasteiger partial charge in [-0.05, 0) is 43.2 Å². The highest BCUT2D eigenvalue weighted by Gasteiger charge is 2.26. The molecule has 0 N–H and O–H groups in total. The van der Waals surface area contributed by atoms with Crippen LogP contribution < -0.4 is 5.56 Å². The topological polar surface area (TPSA) is 55.2 Å². The molecule has 140 valence electrons. The molecule has 1 aromatic heterocycles. The van der Waals surface area contributed by atoms with Crippen LogP contribution in [0.4, 0.5) is 0 Å². The van der Waals surface area contributed by atoms with Gasteiger partial charge in [-0.3, -0.25) is 14.2 Å². The zero-order valence-corrected chi connectivity index (χ0v) is 16.4. The van der Waals surface area contributed by atoms with E-state index in [2.05, 4.69) is 0 Å². The second kappa shape index (κ2) is 7.92. The van der Waals surface area contributed by atoms with Crippen molar-refractivity contribution in [2.75, 3.05) is 12.9 Å².